The first-order valence-corrected chi connectivity index (χ1v) is 4.31. The molecule has 0 aliphatic heterocycles. The van der Waals surface area contributed by atoms with Crippen LogP contribution in [0.5, 0.6) is 0 Å². The summed E-state index contributed by atoms with van der Waals surface area (Å²) in [6.45, 7) is 3.23. The van der Waals surface area contributed by atoms with E-state index >= 15 is 0 Å². The van der Waals surface area contributed by atoms with Gasteiger partial charge in [-0.25, -0.2) is 9.59 Å². The van der Waals surface area contributed by atoms with Crippen molar-refractivity contribution < 1.29 is 24.2 Å². The van der Waals surface area contributed by atoms with Crippen LogP contribution in [0, 0.1) is 0 Å². The van der Waals surface area contributed by atoms with E-state index in [1.165, 1.54) is 0 Å². The Morgan fingerprint density at radius 3 is 2.27 bits per heavy atom. The van der Waals surface area contributed by atoms with E-state index in [0.717, 1.165) is 0 Å². The van der Waals surface area contributed by atoms with E-state index in [9.17, 15) is 14.4 Å². The van der Waals surface area contributed by atoms with Crippen LogP contribution >= 0.6 is 0 Å². The van der Waals surface area contributed by atoms with E-state index in [2.05, 4.69) is 4.74 Å². The van der Waals surface area contributed by atoms with Gasteiger partial charge in [-0.3, -0.25) is 4.79 Å². The molecule has 0 spiro atoms. The van der Waals surface area contributed by atoms with E-state index in [1.54, 1.807) is 13.8 Å². The molecule has 0 rings (SSSR count). The first-order chi connectivity index (χ1) is 6.82. The first-order valence-electron chi connectivity index (χ1n) is 4.31. The molecule has 0 bridgehead atoms. The van der Waals surface area contributed by atoms with Gasteiger partial charge in [-0.05, 0) is 13.8 Å². The van der Waals surface area contributed by atoms with Gasteiger partial charge in [0.15, 0.2) is 0 Å². The lowest BCUT2D eigenvalue weighted by molar-refractivity contribution is -0.141. The lowest BCUT2D eigenvalue weighted by atomic mass is 10.2. The van der Waals surface area contributed by atoms with Crippen LogP contribution in [0.3, 0.4) is 0 Å². The van der Waals surface area contributed by atoms with E-state index in [1.807, 2.05) is 5.32 Å². The monoisotopic (exact) mass is 218 g/mol. The Hall–Kier alpha value is -1.79. The largest absolute Gasteiger partial charge is 0.480 e. The fourth-order valence-corrected chi connectivity index (χ4v) is 0.792. The van der Waals surface area contributed by atoms with Gasteiger partial charge in [-0.15, -0.1) is 0 Å². The van der Waals surface area contributed by atoms with Crippen molar-refractivity contribution in [3.63, 3.8) is 0 Å². The lowest BCUT2D eigenvalue weighted by Gasteiger charge is -2.14. The predicted octanol–water partition coefficient (Wildman–Crippen LogP) is -0.550. The Morgan fingerprint density at radius 1 is 1.40 bits per heavy atom. The molecule has 0 fully saturated rings. The number of amides is 2. The molecule has 7 nitrogen and oxygen atoms in total. The number of ether oxygens (including phenoxy) is 1. The molecule has 0 saturated carbocycles. The summed E-state index contributed by atoms with van der Waals surface area (Å²) in [6, 6.07) is -1.35. The fraction of sp³-hybridized carbons (Fsp3) is 0.625. The summed E-state index contributed by atoms with van der Waals surface area (Å²) in [6.07, 6.45) is -1.73. The molecule has 1 atom stereocenters. The minimum atomic E-state index is -1.35. The van der Waals surface area contributed by atoms with Crippen molar-refractivity contribution in [2.24, 2.45) is 5.73 Å². The molecule has 0 aliphatic rings. The van der Waals surface area contributed by atoms with Gasteiger partial charge in [0.1, 0.15) is 6.04 Å². The lowest BCUT2D eigenvalue weighted by Crippen LogP contribution is -2.44. The summed E-state index contributed by atoms with van der Waals surface area (Å²) in [5.41, 5.74) is 4.81. The molecule has 1 unspecified atom stereocenters. The maximum atomic E-state index is 11.0. The van der Waals surface area contributed by atoms with E-state index in [-0.39, 0.29) is 6.10 Å². The van der Waals surface area contributed by atoms with Gasteiger partial charge in [-0.2, -0.15) is 0 Å². The number of primary amides is 1. The Morgan fingerprint density at radius 2 is 1.93 bits per heavy atom. The van der Waals surface area contributed by atoms with Crippen molar-refractivity contribution in [2.45, 2.75) is 32.4 Å². The standard InChI is InChI=1S/C8H14N2O5/c1-4(2)15-8(14)10-5(7(12)13)3-6(9)11/h4-5H,3H2,1-2H3,(H2,9,11)(H,10,14)(H,12,13). The summed E-state index contributed by atoms with van der Waals surface area (Å²) in [4.78, 5) is 32.1. The normalized spacial score (nSPS) is 11.9. The van der Waals surface area contributed by atoms with Crippen molar-refractivity contribution >= 4 is 18.0 Å². The maximum Gasteiger partial charge on any atom is 0.408 e. The molecular weight excluding hydrogens is 204 g/mol. The minimum Gasteiger partial charge on any atom is -0.480 e. The van der Waals surface area contributed by atoms with E-state index < -0.39 is 30.4 Å². The van der Waals surface area contributed by atoms with Crippen LogP contribution in [0.25, 0.3) is 0 Å². The topological polar surface area (TPSA) is 119 Å². The minimum absolute atomic E-state index is 0.368. The highest BCUT2D eigenvalue weighted by atomic mass is 16.6. The van der Waals surface area contributed by atoms with Crippen molar-refractivity contribution in [3.05, 3.63) is 0 Å². The van der Waals surface area contributed by atoms with Gasteiger partial charge in [0.2, 0.25) is 5.91 Å². The highest BCUT2D eigenvalue weighted by Gasteiger charge is 2.22. The van der Waals surface area contributed by atoms with Crippen LogP contribution in [0.1, 0.15) is 20.3 Å². The Kier molecular flexibility index (Phi) is 5.14. The van der Waals surface area contributed by atoms with Crippen LogP contribution < -0.4 is 11.1 Å². The second-order valence-electron chi connectivity index (χ2n) is 3.16. The average molecular weight is 218 g/mol. The number of carbonyl (C=O) groups excluding carboxylic acids is 2. The molecule has 0 aromatic rings. The van der Waals surface area contributed by atoms with E-state index in [4.69, 9.17) is 10.8 Å². The molecule has 0 radical (unpaired) electrons. The van der Waals surface area contributed by atoms with Gasteiger partial charge >= 0.3 is 12.1 Å². The van der Waals surface area contributed by atoms with Gasteiger partial charge in [-0.1, -0.05) is 0 Å². The molecule has 0 saturated heterocycles. The summed E-state index contributed by atoms with van der Waals surface area (Å²) in [5, 5.41) is 10.6. The van der Waals surface area contributed by atoms with Gasteiger partial charge in [0.25, 0.3) is 0 Å². The van der Waals surface area contributed by atoms with Crippen LogP contribution in [-0.2, 0) is 14.3 Å². The number of carboxylic acid groups (broad SMARTS) is 1. The second kappa shape index (κ2) is 5.84. The number of hydrogen-bond donors (Lipinski definition) is 3. The molecule has 0 aromatic carbocycles. The SMILES string of the molecule is CC(C)OC(=O)NC(CC(N)=O)C(=O)O. The van der Waals surface area contributed by atoms with Gasteiger partial charge in [0, 0.05) is 0 Å². The number of aliphatic carboxylic acids is 1. The number of nitrogens with two attached hydrogens (primary N) is 1. The van der Waals surface area contributed by atoms with E-state index in [0.29, 0.717) is 0 Å². The molecule has 0 heterocycles. The van der Waals surface area contributed by atoms with Crippen molar-refractivity contribution in [2.75, 3.05) is 0 Å². The van der Waals surface area contributed by atoms with Gasteiger partial charge in [0.05, 0.1) is 12.5 Å². The molecule has 0 aliphatic carbocycles. The Bertz CT molecular complexity index is 264. The zero-order valence-electron chi connectivity index (χ0n) is 8.52. The van der Waals surface area contributed by atoms with Crippen molar-refractivity contribution in [1.29, 1.82) is 0 Å². The highest BCUT2D eigenvalue weighted by Crippen LogP contribution is 1.95. The summed E-state index contributed by atoms with van der Waals surface area (Å²) >= 11 is 0. The number of carbonyl (C=O) groups is 3. The molecule has 15 heavy (non-hydrogen) atoms. The third-order valence-electron chi connectivity index (χ3n) is 1.34. The molecule has 7 heteroatoms. The maximum absolute atomic E-state index is 11.0. The average Bonchev–Trinajstić information content (AvgIpc) is 1.99. The number of rotatable bonds is 5. The van der Waals surface area contributed by atoms with Crippen molar-refractivity contribution in [1.82, 2.24) is 5.32 Å². The number of nitrogens with one attached hydrogen (secondary N) is 1. The van der Waals surface area contributed by atoms with Crippen LogP contribution in [0.4, 0.5) is 4.79 Å². The summed E-state index contributed by atoms with van der Waals surface area (Å²) < 4.78 is 4.65. The predicted molar refractivity (Wildman–Crippen MR) is 50.0 cm³/mol. The smallest absolute Gasteiger partial charge is 0.408 e. The zero-order valence-corrected chi connectivity index (χ0v) is 8.52. The number of carboxylic acids is 1. The van der Waals surface area contributed by atoms with Crippen molar-refractivity contribution in [3.8, 4) is 0 Å². The molecule has 4 N–H and O–H groups in total. The number of hydrogen-bond acceptors (Lipinski definition) is 4. The Labute approximate surface area is 86.6 Å². The molecule has 0 aromatic heterocycles. The number of alkyl carbamates (subject to hydrolysis) is 1. The quantitative estimate of drug-likeness (QED) is 0.572. The molecule has 86 valence electrons. The van der Waals surface area contributed by atoms with Crippen LogP contribution in [0.2, 0.25) is 0 Å². The summed E-state index contributed by atoms with van der Waals surface area (Å²) in [5.74, 6) is -2.15. The zero-order chi connectivity index (χ0) is 12.0. The third-order valence-corrected chi connectivity index (χ3v) is 1.34. The van der Waals surface area contributed by atoms with Gasteiger partial charge < -0.3 is 20.9 Å². The molecular formula is C8H14N2O5. The Balaban J connectivity index is 4.22. The van der Waals surface area contributed by atoms with Crippen LogP contribution in [-0.4, -0.2) is 35.2 Å². The summed E-state index contributed by atoms with van der Waals surface area (Å²) in [7, 11) is 0. The third kappa shape index (κ3) is 6.30. The first kappa shape index (κ1) is 13.2. The highest BCUT2D eigenvalue weighted by molar-refractivity contribution is 5.86. The van der Waals surface area contributed by atoms with Crippen LogP contribution in [0.15, 0.2) is 0 Å². The fourth-order valence-electron chi connectivity index (χ4n) is 0.792. The molecule has 2 amide bonds. The second-order valence-corrected chi connectivity index (χ2v) is 3.16.